The van der Waals surface area contributed by atoms with Crippen LogP contribution in [0.15, 0.2) is 0 Å². The molecular formula is C14H26N2O2. The number of hydrogen-bond acceptors (Lipinski definition) is 4. The SMILES string of the molecule is CCN(CC)C1CC(OC(C)=O)C2CCCN2C1. The number of piperidine rings is 1. The molecule has 0 spiro atoms. The Morgan fingerprint density at radius 3 is 2.72 bits per heavy atom. The van der Waals surface area contributed by atoms with E-state index in [0.717, 1.165) is 26.1 Å². The lowest BCUT2D eigenvalue weighted by Gasteiger charge is -2.44. The molecule has 0 N–H and O–H groups in total. The maximum Gasteiger partial charge on any atom is 0.302 e. The third-order valence-electron chi connectivity index (χ3n) is 4.44. The molecule has 0 radical (unpaired) electrons. The molecule has 4 nitrogen and oxygen atoms in total. The first kappa shape index (κ1) is 13.8. The zero-order chi connectivity index (χ0) is 13.1. The van der Waals surface area contributed by atoms with E-state index < -0.39 is 0 Å². The number of likely N-dealkylation sites (N-methyl/N-ethyl adjacent to an activating group) is 1. The summed E-state index contributed by atoms with van der Waals surface area (Å²) in [6.07, 6.45) is 3.53. The molecule has 0 aromatic heterocycles. The van der Waals surface area contributed by atoms with E-state index in [1.165, 1.54) is 26.3 Å². The van der Waals surface area contributed by atoms with E-state index in [9.17, 15) is 4.79 Å². The lowest BCUT2D eigenvalue weighted by molar-refractivity contribution is -0.153. The van der Waals surface area contributed by atoms with Crippen molar-refractivity contribution < 1.29 is 9.53 Å². The van der Waals surface area contributed by atoms with Crippen LogP contribution in [0.4, 0.5) is 0 Å². The van der Waals surface area contributed by atoms with Crippen molar-refractivity contribution in [2.75, 3.05) is 26.2 Å². The van der Waals surface area contributed by atoms with Crippen molar-refractivity contribution in [1.29, 1.82) is 0 Å². The van der Waals surface area contributed by atoms with Crippen molar-refractivity contribution in [1.82, 2.24) is 9.80 Å². The van der Waals surface area contributed by atoms with Gasteiger partial charge in [0.25, 0.3) is 0 Å². The molecule has 0 amide bonds. The molecule has 0 aromatic rings. The highest BCUT2D eigenvalue weighted by Gasteiger charge is 2.41. The molecule has 2 fully saturated rings. The van der Waals surface area contributed by atoms with Gasteiger partial charge in [0.1, 0.15) is 6.10 Å². The second-order valence-electron chi connectivity index (χ2n) is 5.46. The van der Waals surface area contributed by atoms with Crippen LogP contribution >= 0.6 is 0 Å². The summed E-state index contributed by atoms with van der Waals surface area (Å²) in [5.41, 5.74) is 0. The largest absolute Gasteiger partial charge is 0.461 e. The Hall–Kier alpha value is -0.610. The Bertz CT molecular complexity index is 292. The van der Waals surface area contributed by atoms with E-state index in [1.807, 2.05) is 0 Å². The van der Waals surface area contributed by atoms with Gasteiger partial charge in [-0.3, -0.25) is 14.6 Å². The molecule has 0 aromatic carbocycles. The van der Waals surface area contributed by atoms with E-state index in [-0.39, 0.29) is 12.1 Å². The van der Waals surface area contributed by atoms with Crippen LogP contribution in [0.25, 0.3) is 0 Å². The first-order valence-corrected chi connectivity index (χ1v) is 7.31. The first-order valence-electron chi connectivity index (χ1n) is 7.31. The van der Waals surface area contributed by atoms with Gasteiger partial charge in [-0.05, 0) is 32.5 Å². The standard InChI is InChI=1S/C14H26N2O2/c1-4-15(5-2)12-9-14(18-11(3)17)13-7-6-8-16(13)10-12/h12-14H,4-10H2,1-3H3. The van der Waals surface area contributed by atoms with Gasteiger partial charge in [-0.1, -0.05) is 13.8 Å². The molecular weight excluding hydrogens is 228 g/mol. The molecule has 2 heterocycles. The van der Waals surface area contributed by atoms with E-state index in [1.54, 1.807) is 0 Å². The summed E-state index contributed by atoms with van der Waals surface area (Å²) in [6, 6.07) is 1.01. The Morgan fingerprint density at radius 2 is 2.11 bits per heavy atom. The fraction of sp³-hybridized carbons (Fsp3) is 0.929. The monoisotopic (exact) mass is 254 g/mol. The average molecular weight is 254 g/mol. The van der Waals surface area contributed by atoms with Crippen molar-refractivity contribution in [2.24, 2.45) is 0 Å². The van der Waals surface area contributed by atoms with Gasteiger partial charge in [-0.15, -0.1) is 0 Å². The minimum Gasteiger partial charge on any atom is -0.461 e. The summed E-state index contributed by atoms with van der Waals surface area (Å²) < 4.78 is 5.57. The maximum absolute atomic E-state index is 11.3. The Labute approximate surface area is 110 Å². The second-order valence-corrected chi connectivity index (χ2v) is 5.46. The molecule has 0 aliphatic carbocycles. The molecule has 0 bridgehead atoms. The lowest BCUT2D eigenvalue weighted by atomic mass is 9.94. The molecule has 3 unspecified atom stereocenters. The summed E-state index contributed by atoms with van der Waals surface area (Å²) >= 11 is 0. The summed E-state index contributed by atoms with van der Waals surface area (Å²) in [5.74, 6) is -0.132. The molecule has 2 saturated heterocycles. The highest BCUT2D eigenvalue weighted by atomic mass is 16.5. The number of carbonyl (C=O) groups excluding carboxylic acids is 1. The molecule has 0 saturated carbocycles. The van der Waals surface area contributed by atoms with Crippen LogP contribution in [0, 0.1) is 0 Å². The van der Waals surface area contributed by atoms with Crippen LogP contribution in [-0.4, -0.2) is 60.1 Å². The number of nitrogens with zero attached hydrogens (tertiary/aromatic N) is 2. The number of esters is 1. The Balaban J connectivity index is 2.05. The smallest absolute Gasteiger partial charge is 0.302 e. The third kappa shape index (κ3) is 2.86. The minimum atomic E-state index is -0.132. The van der Waals surface area contributed by atoms with Crippen LogP contribution < -0.4 is 0 Å². The van der Waals surface area contributed by atoms with Crippen molar-refractivity contribution in [3.8, 4) is 0 Å². The van der Waals surface area contributed by atoms with Gasteiger partial charge in [0, 0.05) is 32.0 Å². The number of carbonyl (C=O) groups is 1. The minimum absolute atomic E-state index is 0.101. The Morgan fingerprint density at radius 1 is 1.39 bits per heavy atom. The van der Waals surface area contributed by atoms with Crippen LogP contribution in [0.2, 0.25) is 0 Å². The normalized spacial score (nSPS) is 32.6. The fourth-order valence-corrected chi connectivity index (χ4v) is 3.61. The first-order chi connectivity index (χ1) is 8.65. The molecule has 18 heavy (non-hydrogen) atoms. The maximum atomic E-state index is 11.3. The van der Waals surface area contributed by atoms with Crippen LogP contribution in [-0.2, 0) is 9.53 Å². The van der Waals surface area contributed by atoms with Crippen molar-refractivity contribution in [2.45, 2.75) is 58.2 Å². The summed E-state index contributed by atoms with van der Waals surface area (Å²) in [4.78, 5) is 16.3. The van der Waals surface area contributed by atoms with E-state index in [0.29, 0.717) is 12.1 Å². The summed E-state index contributed by atoms with van der Waals surface area (Å²) in [7, 11) is 0. The van der Waals surface area contributed by atoms with Gasteiger partial charge in [-0.25, -0.2) is 0 Å². The van der Waals surface area contributed by atoms with E-state index in [2.05, 4.69) is 23.6 Å². The molecule has 104 valence electrons. The van der Waals surface area contributed by atoms with Crippen LogP contribution in [0.5, 0.6) is 0 Å². The van der Waals surface area contributed by atoms with E-state index >= 15 is 0 Å². The lowest BCUT2D eigenvalue weighted by Crippen LogP contribution is -2.56. The van der Waals surface area contributed by atoms with E-state index in [4.69, 9.17) is 4.74 Å². The second kappa shape index (κ2) is 6.02. The molecule has 3 atom stereocenters. The van der Waals surface area contributed by atoms with Gasteiger partial charge in [0.15, 0.2) is 0 Å². The zero-order valence-electron chi connectivity index (χ0n) is 11.9. The molecule has 2 aliphatic rings. The number of rotatable bonds is 4. The molecule has 2 rings (SSSR count). The van der Waals surface area contributed by atoms with Crippen molar-refractivity contribution in [3.05, 3.63) is 0 Å². The van der Waals surface area contributed by atoms with Gasteiger partial charge >= 0.3 is 5.97 Å². The highest BCUT2D eigenvalue weighted by molar-refractivity contribution is 5.66. The quantitative estimate of drug-likeness (QED) is 0.712. The van der Waals surface area contributed by atoms with Gasteiger partial charge in [0.05, 0.1) is 0 Å². The summed E-state index contributed by atoms with van der Waals surface area (Å²) in [6.45, 7) is 10.4. The van der Waals surface area contributed by atoms with Gasteiger partial charge in [0.2, 0.25) is 0 Å². The van der Waals surface area contributed by atoms with Crippen LogP contribution in [0.3, 0.4) is 0 Å². The molecule has 2 aliphatic heterocycles. The predicted molar refractivity (Wildman–Crippen MR) is 71.5 cm³/mol. The van der Waals surface area contributed by atoms with Crippen molar-refractivity contribution in [3.63, 3.8) is 0 Å². The highest BCUT2D eigenvalue weighted by Crippen LogP contribution is 2.31. The van der Waals surface area contributed by atoms with Gasteiger partial charge < -0.3 is 4.74 Å². The zero-order valence-corrected chi connectivity index (χ0v) is 11.9. The topological polar surface area (TPSA) is 32.8 Å². The fourth-order valence-electron chi connectivity index (χ4n) is 3.61. The van der Waals surface area contributed by atoms with Crippen LogP contribution in [0.1, 0.15) is 40.0 Å². The van der Waals surface area contributed by atoms with Gasteiger partial charge in [-0.2, -0.15) is 0 Å². The summed E-state index contributed by atoms with van der Waals surface area (Å²) in [5, 5.41) is 0. The molecule has 4 heteroatoms. The predicted octanol–water partition coefficient (Wildman–Crippen LogP) is 1.50. The number of fused-ring (bicyclic) bond motifs is 1. The Kier molecular flexibility index (Phi) is 4.62. The average Bonchev–Trinajstić information content (AvgIpc) is 2.78. The third-order valence-corrected chi connectivity index (χ3v) is 4.44. The number of hydrogen-bond donors (Lipinski definition) is 0. The van der Waals surface area contributed by atoms with Crippen molar-refractivity contribution >= 4 is 5.97 Å². The number of ether oxygens (including phenoxy) is 1.